The predicted octanol–water partition coefficient (Wildman–Crippen LogP) is 3.70. The Kier molecular flexibility index (Phi) is 7.09. The zero-order valence-corrected chi connectivity index (χ0v) is 21.4. The van der Waals surface area contributed by atoms with E-state index in [4.69, 9.17) is 0 Å². The van der Waals surface area contributed by atoms with Crippen LogP contribution in [-0.2, 0) is 10.0 Å². The van der Waals surface area contributed by atoms with Gasteiger partial charge < -0.3 is 15.2 Å². The summed E-state index contributed by atoms with van der Waals surface area (Å²) in [4.78, 5) is 27.3. The van der Waals surface area contributed by atoms with E-state index in [0.29, 0.717) is 23.0 Å². The number of carbonyl (C=O) groups is 1. The molecule has 198 valence electrons. The van der Waals surface area contributed by atoms with E-state index in [9.17, 15) is 17.6 Å². The number of pyridine rings is 2. The van der Waals surface area contributed by atoms with E-state index in [-0.39, 0.29) is 11.3 Å². The van der Waals surface area contributed by atoms with Crippen molar-refractivity contribution in [3.8, 4) is 11.1 Å². The Balaban J connectivity index is 1.48. The van der Waals surface area contributed by atoms with Crippen molar-refractivity contribution in [2.45, 2.75) is 13.3 Å². The Bertz CT molecular complexity index is 1600. The summed E-state index contributed by atoms with van der Waals surface area (Å²) in [6.07, 6.45) is 4.99. The Labute approximate surface area is 218 Å². The van der Waals surface area contributed by atoms with Gasteiger partial charge in [0.05, 0.1) is 17.0 Å². The van der Waals surface area contributed by atoms with Crippen LogP contribution < -0.4 is 14.9 Å². The molecule has 0 bridgehead atoms. The number of carbonyl (C=O) groups excluding carboxylic acids is 1. The maximum Gasteiger partial charge on any atom is 0.232 e. The Morgan fingerprint density at radius 1 is 1.08 bits per heavy atom. The first kappa shape index (κ1) is 25.7. The van der Waals surface area contributed by atoms with Crippen LogP contribution in [0.2, 0.25) is 0 Å². The number of hydrogen-bond donors (Lipinski definition) is 3. The highest BCUT2D eigenvalue weighted by molar-refractivity contribution is 7.92. The normalized spacial score (nSPS) is 14.1. The highest BCUT2D eigenvalue weighted by Crippen LogP contribution is 2.30. The van der Waals surface area contributed by atoms with E-state index in [1.54, 1.807) is 25.4 Å². The van der Waals surface area contributed by atoms with Gasteiger partial charge in [-0.25, -0.2) is 27.2 Å². The van der Waals surface area contributed by atoms with Crippen molar-refractivity contribution in [3.63, 3.8) is 0 Å². The molecule has 0 amide bonds. The van der Waals surface area contributed by atoms with E-state index >= 15 is 4.39 Å². The van der Waals surface area contributed by atoms with E-state index in [2.05, 4.69) is 29.9 Å². The molecule has 9 nitrogen and oxygen atoms in total. The fourth-order valence-corrected chi connectivity index (χ4v) is 5.58. The lowest BCUT2D eigenvalue weighted by Crippen LogP contribution is -2.43. The minimum atomic E-state index is -3.85. The first-order chi connectivity index (χ1) is 18.3. The van der Waals surface area contributed by atoms with Gasteiger partial charge in [-0.3, -0.25) is 9.52 Å². The minimum absolute atomic E-state index is 0.00566. The maximum atomic E-state index is 15.3. The first-order valence-electron chi connectivity index (χ1n) is 12.2. The van der Waals surface area contributed by atoms with Gasteiger partial charge in [-0.1, -0.05) is 6.92 Å². The number of fused-ring (bicyclic) bond motifs is 1. The lowest BCUT2D eigenvalue weighted by Gasteiger charge is -2.28. The Hall–Kier alpha value is -3.90. The summed E-state index contributed by atoms with van der Waals surface area (Å²) < 4.78 is 56.3. The van der Waals surface area contributed by atoms with Crippen molar-refractivity contribution in [3.05, 3.63) is 71.7 Å². The molecule has 0 spiro atoms. The Morgan fingerprint density at radius 2 is 1.84 bits per heavy atom. The van der Waals surface area contributed by atoms with Gasteiger partial charge in [-0.15, -0.1) is 0 Å². The molecule has 3 N–H and O–H groups in total. The maximum absolute atomic E-state index is 15.3. The zero-order chi connectivity index (χ0) is 26.9. The third-order valence-electron chi connectivity index (χ3n) is 6.35. The summed E-state index contributed by atoms with van der Waals surface area (Å²) in [7, 11) is -3.85. The van der Waals surface area contributed by atoms with Gasteiger partial charge in [-0.05, 0) is 36.8 Å². The van der Waals surface area contributed by atoms with Crippen LogP contribution in [0, 0.1) is 11.6 Å². The number of benzene rings is 1. The van der Waals surface area contributed by atoms with Crippen LogP contribution in [0.1, 0.15) is 29.3 Å². The van der Waals surface area contributed by atoms with Crippen LogP contribution in [0.15, 0.2) is 48.9 Å². The molecule has 1 aromatic carbocycles. The van der Waals surface area contributed by atoms with Gasteiger partial charge in [-0.2, -0.15) is 0 Å². The van der Waals surface area contributed by atoms with Crippen molar-refractivity contribution < 1.29 is 22.0 Å². The quantitative estimate of drug-likeness (QED) is 0.292. The summed E-state index contributed by atoms with van der Waals surface area (Å²) in [6.45, 7) is 5.17. The van der Waals surface area contributed by atoms with Gasteiger partial charge in [0.1, 0.15) is 17.3 Å². The topological polar surface area (TPSA) is 120 Å². The molecule has 0 atom stereocenters. The van der Waals surface area contributed by atoms with Gasteiger partial charge >= 0.3 is 0 Å². The van der Waals surface area contributed by atoms with Crippen LogP contribution in [0.25, 0.3) is 22.2 Å². The SMILES string of the molecule is CCCS(=O)(=O)Nc1ccc(F)c(C(=O)c2c[nH]c3ncc(-c4ccc(N5CCNCC5)nc4)cc23)c1F. The second-order valence-electron chi connectivity index (χ2n) is 9.00. The molecule has 3 aromatic heterocycles. The third kappa shape index (κ3) is 5.09. The molecule has 0 saturated carbocycles. The van der Waals surface area contributed by atoms with Gasteiger partial charge in [0.25, 0.3) is 0 Å². The standard InChI is InChI=1S/C26H26F2N6O3S/c1-2-11-38(36,37)33-21-5-4-20(27)23(24(21)28)25(35)19-15-32-26-18(19)12-17(14-31-26)16-3-6-22(30-13-16)34-9-7-29-8-10-34/h3-6,12-15,29,33H,2,7-11H2,1H3,(H,31,32). The van der Waals surface area contributed by atoms with Crippen LogP contribution in [0.3, 0.4) is 0 Å². The molecule has 1 fully saturated rings. The van der Waals surface area contributed by atoms with Crippen molar-refractivity contribution in [2.75, 3.05) is 41.6 Å². The fourth-order valence-electron chi connectivity index (χ4n) is 4.45. The number of piperazine rings is 1. The molecule has 38 heavy (non-hydrogen) atoms. The van der Waals surface area contributed by atoms with Crippen molar-refractivity contribution in [1.82, 2.24) is 20.3 Å². The molecular weight excluding hydrogens is 514 g/mol. The third-order valence-corrected chi connectivity index (χ3v) is 7.83. The highest BCUT2D eigenvalue weighted by Gasteiger charge is 2.26. The average Bonchev–Trinajstić information content (AvgIpc) is 3.34. The van der Waals surface area contributed by atoms with Gasteiger partial charge in [0, 0.05) is 66.8 Å². The van der Waals surface area contributed by atoms with Crippen LogP contribution in [0.5, 0.6) is 0 Å². The highest BCUT2D eigenvalue weighted by atomic mass is 32.2. The van der Waals surface area contributed by atoms with E-state index in [1.807, 2.05) is 12.1 Å². The monoisotopic (exact) mass is 540 g/mol. The number of sulfonamides is 1. The van der Waals surface area contributed by atoms with Crippen molar-refractivity contribution in [2.24, 2.45) is 0 Å². The minimum Gasteiger partial charge on any atom is -0.354 e. The van der Waals surface area contributed by atoms with Gasteiger partial charge in [0.15, 0.2) is 5.82 Å². The van der Waals surface area contributed by atoms with Crippen molar-refractivity contribution >= 4 is 38.3 Å². The lowest BCUT2D eigenvalue weighted by molar-refractivity contribution is 0.103. The molecular formula is C26H26F2N6O3S. The number of hydrogen-bond acceptors (Lipinski definition) is 7. The van der Waals surface area contributed by atoms with Gasteiger partial charge in [0.2, 0.25) is 15.8 Å². The molecule has 0 radical (unpaired) electrons. The molecule has 0 unspecified atom stereocenters. The average molecular weight is 541 g/mol. The molecule has 1 saturated heterocycles. The number of nitrogens with zero attached hydrogens (tertiary/aromatic N) is 3. The zero-order valence-electron chi connectivity index (χ0n) is 20.6. The summed E-state index contributed by atoms with van der Waals surface area (Å²) in [5.74, 6) is -2.69. The van der Waals surface area contributed by atoms with Crippen LogP contribution in [-0.4, -0.2) is 61.1 Å². The van der Waals surface area contributed by atoms with E-state index in [0.717, 1.165) is 49.7 Å². The second kappa shape index (κ2) is 10.5. The Morgan fingerprint density at radius 3 is 2.55 bits per heavy atom. The molecule has 1 aliphatic rings. The predicted molar refractivity (Wildman–Crippen MR) is 142 cm³/mol. The van der Waals surface area contributed by atoms with E-state index in [1.165, 1.54) is 6.20 Å². The molecule has 0 aliphatic carbocycles. The number of anilines is 2. The molecule has 12 heteroatoms. The van der Waals surface area contributed by atoms with E-state index < -0.39 is 38.7 Å². The van der Waals surface area contributed by atoms with Crippen LogP contribution in [0.4, 0.5) is 20.3 Å². The smallest absolute Gasteiger partial charge is 0.232 e. The number of rotatable bonds is 8. The second-order valence-corrected chi connectivity index (χ2v) is 10.8. The summed E-state index contributed by atoms with van der Waals surface area (Å²) >= 11 is 0. The number of ketones is 1. The van der Waals surface area contributed by atoms with Crippen molar-refractivity contribution in [1.29, 1.82) is 0 Å². The summed E-state index contributed by atoms with van der Waals surface area (Å²) in [5, 5.41) is 3.67. The molecule has 4 heterocycles. The molecule has 4 aromatic rings. The molecule has 5 rings (SSSR count). The number of halogens is 2. The number of aromatic amines is 1. The van der Waals surface area contributed by atoms with Crippen LogP contribution >= 0.6 is 0 Å². The largest absolute Gasteiger partial charge is 0.354 e. The number of nitrogens with one attached hydrogen (secondary N) is 3. The summed E-state index contributed by atoms with van der Waals surface area (Å²) in [5.41, 5.74) is 0.469. The summed E-state index contributed by atoms with van der Waals surface area (Å²) in [6, 6.07) is 7.36. The fraction of sp³-hybridized carbons (Fsp3) is 0.269. The number of H-pyrrole nitrogens is 1. The number of aromatic nitrogens is 3. The molecule has 1 aliphatic heterocycles. The first-order valence-corrected chi connectivity index (χ1v) is 13.8. The lowest BCUT2D eigenvalue weighted by atomic mass is 10.00.